The maximum Gasteiger partial charge on any atom is 0.573 e. The molecule has 0 bridgehead atoms. The Hall–Kier alpha value is -4.32. The minimum atomic E-state index is -4.83. The molecule has 0 radical (unpaired) electrons. The topological polar surface area (TPSA) is 103 Å². The second-order valence-electron chi connectivity index (χ2n) is 12.2. The molecule has 9 nitrogen and oxygen atoms in total. The Morgan fingerprint density at radius 1 is 1.11 bits per heavy atom. The maximum absolute atomic E-state index is 13.1. The molecule has 1 aliphatic heterocycles. The van der Waals surface area contributed by atoms with E-state index in [-0.39, 0.29) is 47.7 Å². The third-order valence-electron chi connectivity index (χ3n) is 8.68. The molecule has 2 aliphatic rings. The summed E-state index contributed by atoms with van der Waals surface area (Å²) in [5.41, 5.74) is 3.89. The molecule has 0 spiro atoms. The largest absolute Gasteiger partial charge is 0.573 e. The first-order chi connectivity index (χ1) is 22.0. The molecule has 46 heavy (non-hydrogen) atoms. The summed E-state index contributed by atoms with van der Waals surface area (Å²) in [4.78, 5) is 14.1. The number of aromatic nitrogens is 3. The van der Waals surface area contributed by atoms with Crippen LogP contribution in [0, 0.1) is 0 Å². The average Bonchev–Trinajstić information content (AvgIpc) is 3.61. The number of nitrogens with zero attached hydrogens (tertiary/aromatic N) is 4. The van der Waals surface area contributed by atoms with Crippen LogP contribution in [0.5, 0.6) is 5.75 Å². The van der Waals surface area contributed by atoms with Gasteiger partial charge in [0.15, 0.2) is 0 Å². The van der Waals surface area contributed by atoms with Gasteiger partial charge in [0, 0.05) is 46.9 Å². The number of aromatic carboxylic acids is 1. The van der Waals surface area contributed by atoms with Crippen LogP contribution in [0.15, 0.2) is 59.1 Å². The molecule has 12 heteroatoms. The summed E-state index contributed by atoms with van der Waals surface area (Å²) < 4.78 is 57.4. The highest BCUT2D eigenvalue weighted by molar-refractivity contribution is 5.87. The van der Waals surface area contributed by atoms with Crippen molar-refractivity contribution in [2.45, 2.75) is 90.0 Å². The van der Waals surface area contributed by atoms with E-state index in [0.717, 1.165) is 49.9 Å². The van der Waals surface area contributed by atoms with Gasteiger partial charge in [-0.1, -0.05) is 36.3 Å². The number of ether oxygens (including phenoxy) is 2. The Labute approximate surface area is 264 Å². The van der Waals surface area contributed by atoms with Crippen LogP contribution in [0.25, 0.3) is 22.5 Å². The van der Waals surface area contributed by atoms with Gasteiger partial charge in [0.1, 0.15) is 22.9 Å². The van der Waals surface area contributed by atoms with Crippen molar-refractivity contribution >= 4 is 11.7 Å². The van der Waals surface area contributed by atoms with E-state index in [1.807, 2.05) is 38.1 Å². The van der Waals surface area contributed by atoms with Crippen LogP contribution in [0.3, 0.4) is 0 Å². The quantitative estimate of drug-likeness (QED) is 0.175. The maximum atomic E-state index is 13.1. The van der Waals surface area contributed by atoms with Crippen LogP contribution in [-0.4, -0.2) is 51.1 Å². The van der Waals surface area contributed by atoms with Crippen LogP contribution >= 0.6 is 0 Å². The molecule has 2 fully saturated rings. The fraction of sp³-hybridized carbons (Fsp3) is 0.441. The number of piperidine rings is 1. The highest BCUT2D eigenvalue weighted by Crippen LogP contribution is 2.46. The first-order valence-electron chi connectivity index (χ1n) is 15.7. The fourth-order valence-corrected chi connectivity index (χ4v) is 6.22. The molecule has 0 unspecified atom stereocenters. The van der Waals surface area contributed by atoms with Gasteiger partial charge < -0.3 is 24.0 Å². The number of benzene rings is 2. The minimum Gasteiger partial charge on any atom is -0.477 e. The molecule has 2 aromatic carbocycles. The number of rotatable bonds is 11. The zero-order chi connectivity index (χ0) is 32.6. The van der Waals surface area contributed by atoms with E-state index in [1.165, 1.54) is 16.8 Å². The monoisotopic (exact) mass is 638 g/mol. The smallest absolute Gasteiger partial charge is 0.477 e. The van der Waals surface area contributed by atoms with Gasteiger partial charge in [0.2, 0.25) is 0 Å². The summed E-state index contributed by atoms with van der Waals surface area (Å²) in [7, 11) is 0. The van der Waals surface area contributed by atoms with Crippen molar-refractivity contribution in [3.05, 3.63) is 71.6 Å². The molecule has 1 N–H and O–H groups in total. The Morgan fingerprint density at radius 3 is 2.48 bits per heavy atom. The highest BCUT2D eigenvalue weighted by atomic mass is 19.4. The van der Waals surface area contributed by atoms with Gasteiger partial charge in [-0.25, -0.2) is 4.79 Å². The predicted molar refractivity (Wildman–Crippen MR) is 165 cm³/mol. The summed E-state index contributed by atoms with van der Waals surface area (Å²) in [6, 6.07) is 15.7. The Balaban J connectivity index is 1.15. The number of para-hydroxylation sites is 1. The van der Waals surface area contributed by atoms with Crippen LogP contribution in [0.2, 0.25) is 0 Å². The second-order valence-corrected chi connectivity index (χ2v) is 12.2. The first-order valence-corrected chi connectivity index (χ1v) is 15.7. The lowest BCUT2D eigenvalue weighted by Gasteiger charge is -2.40. The number of hydrogen-bond acceptors (Lipinski definition) is 7. The summed E-state index contributed by atoms with van der Waals surface area (Å²) in [6.45, 7) is 6.88. The molecule has 3 heterocycles. The Morgan fingerprint density at radius 2 is 1.85 bits per heavy atom. The van der Waals surface area contributed by atoms with Gasteiger partial charge in [-0.2, -0.15) is 5.10 Å². The highest BCUT2D eigenvalue weighted by Gasteiger charge is 2.36. The first kappa shape index (κ1) is 31.7. The average molecular weight is 639 g/mol. The zero-order valence-corrected chi connectivity index (χ0v) is 26.0. The van der Waals surface area contributed by atoms with E-state index in [4.69, 9.17) is 9.26 Å². The number of carbonyl (C=O) groups is 1. The van der Waals surface area contributed by atoms with Gasteiger partial charge in [0.05, 0.1) is 18.4 Å². The number of halogens is 3. The predicted octanol–water partition coefficient (Wildman–Crippen LogP) is 8.22. The number of anilines is 1. The molecule has 244 valence electrons. The number of carboxylic acids is 1. The summed E-state index contributed by atoms with van der Waals surface area (Å²) in [6.07, 6.45) is -0.546. The van der Waals surface area contributed by atoms with Crippen molar-refractivity contribution in [1.29, 1.82) is 0 Å². The lowest BCUT2D eigenvalue weighted by molar-refractivity contribution is -0.274. The Kier molecular flexibility index (Phi) is 8.82. The van der Waals surface area contributed by atoms with Crippen LogP contribution in [0.4, 0.5) is 18.9 Å². The Bertz CT molecular complexity index is 1680. The molecule has 1 saturated carbocycles. The van der Waals surface area contributed by atoms with Gasteiger partial charge >= 0.3 is 12.3 Å². The van der Waals surface area contributed by atoms with Crippen molar-refractivity contribution < 1.29 is 37.1 Å². The molecule has 4 aromatic rings. The number of alkyl halides is 3. The number of carboxylic acid groups (broad SMARTS) is 1. The molecule has 0 amide bonds. The van der Waals surface area contributed by atoms with E-state index in [0.29, 0.717) is 22.7 Å². The molecule has 6 rings (SSSR count). The van der Waals surface area contributed by atoms with Crippen molar-refractivity contribution in [3.63, 3.8) is 0 Å². The molecular weight excluding hydrogens is 601 g/mol. The number of hydrogen-bond donors (Lipinski definition) is 1. The zero-order valence-electron chi connectivity index (χ0n) is 26.0. The third-order valence-corrected chi connectivity index (χ3v) is 8.68. The van der Waals surface area contributed by atoms with E-state index >= 15 is 0 Å². The lowest BCUT2D eigenvalue weighted by Crippen LogP contribution is -2.44. The molecular formula is C34H37F3N4O5. The minimum absolute atomic E-state index is 0.0496. The lowest BCUT2D eigenvalue weighted by atomic mass is 9.96. The van der Waals surface area contributed by atoms with E-state index in [2.05, 4.69) is 26.8 Å². The van der Waals surface area contributed by atoms with Gasteiger partial charge in [0.25, 0.3) is 0 Å². The summed E-state index contributed by atoms with van der Waals surface area (Å²) in [5.74, 6) is -0.467. The van der Waals surface area contributed by atoms with E-state index < -0.39 is 12.3 Å². The standard InChI is InChI=1S/C34H37F3N4O5/c1-4-23-17-25(15-16-40(23)24-13-11-21(12-14-24)28-18-29(33(42)43)41(38-28)20(2)3)44-19-27-31(39-46-32(27)22-9-10-22)26-7-5-6-8-30(26)45-34(35,36)37/h5-8,11-14,18,20,22-23,25H,4,9-10,15-17,19H2,1-3H3,(H,42,43)/t23-,25-/m1/s1. The third kappa shape index (κ3) is 6.76. The van der Waals surface area contributed by atoms with Crippen LogP contribution in [0.1, 0.15) is 86.6 Å². The SMILES string of the molecule is CC[C@@H]1C[C@H](OCc2c(-c3ccccc3OC(F)(F)F)noc2C2CC2)CCN1c1ccc(-c2cc(C(=O)O)n(C(C)C)n2)cc1. The van der Waals surface area contributed by atoms with Crippen LogP contribution in [-0.2, 0) is 11.3 Å². The molecule has 1 saturated heterocycles. The van der Waals surface area contributed by atoms with Crippen LogP contribution < -0.4 is 9.64 Å². The summed E-state index contributed by atoms with van der Waals surface area (Å²) >= 11 is 0. The van der Waals surface area contributed by atoms with Crippen molar-refractivity contribution in [2.75, 3.05) is 11.4 Å². The van der Waals surface area contributed by atoms with Gasteiger partial charge in [-0.05, 0) is 76.3 Å². The van der Waals surface area contributed by atoms with Crippen molar-refractivity contribution in [3.8, 4) is 28.3 Å². The van der Waals surface area contributed by atoms with E-state index in [9.17, 15) is 23.1 Å². The summed E-state index contributed by atoms with van der Waals surface area (Å²) in [5, 5.41) is 18.3. The van der Waals surface area contributed by atoms with Crippen molar-refractivity contribution in [1.82, 2.24) is 14.9 Å². The van der Waals surface area contributed by atoms with Gasteiger partial charge in [-0.15, -0.1) is 13.2 Å². The van der Waals surface area contributed by atoms with E-state index in [1.54, 1.807) is 18.2 Å². The molecule has 1 aliphatic carbocycles. The molecule has 2 aromatic heterocycles. The fourth-order valence-electron chi connectivity index (χ4n) is 6.22. The molecule has 2 atom stereocenters. The second kappa shape index (κ2) is 12.8. The van der Waals surface area contributed by atoms with Gasteiger partial charge in [-0.3, -0.25) is 4.68 Å². The van der Waals surface area contributed by atoms with Crippen molar-refractivity contribution in [2.24, 2.45) is 0 Å². The normalized spacial score (nSPS) is 18.7.